The zero-order valence-corrected chi connectivity index (χ0v) is 12.6. The molecule has 1 N–H and O–H groups in total. The van der Waals surface area contributed by atoms with Crippen LogP contribution >= 0.6 is 0 Å². The third-order valence-electron chi connectivity index (χ3n) is 3.82. The van der Waals surface area contributed by atoms with Crippen molar-refractivity contribution in [3.63, 3.8) is 0 Å². The normalized spacial score (nSPS) is 24.8. The molecule has 0 aliphatic carbocycles. The first-order chi connectivity index (χ1) is 9.27. The Morgan fingerprint density at radius 3 is 2.70 bits per heavy atom. The van der Waals surface area contributed by atoms with Gasteiger partial charge in [0.15, 0.2) is 5.82 Å². The summed E-state index contributed by atoms with van der Waals surface area (Å²) in [4.78, 5) is 17.7. The van der Waals surface area contributed by atoms with Crippen LogP contribution in [0.3, 0.4) is 0 Å². The van der Waals surface area contributed by atoms with Gasteiger partial charge in [-0.2, -0.15) is 4.98 Å². The van der Waals surface area contributed by atoms with Gasteiger partial charge in [0, 0.05) is 11.5 Å². The van der Waals surface area contributed by atoms with Gasteiger partial charge in [-0.05, 0) is 26.3 Å². The molecule has 0 aromatic carbocycles. The number of carboxylic acids is 1. The highest BCUT2D eigenvalue weighted by molar-refractivity contribution is 5.70. The Bertz CT molecular complexity index is 478. The van der Waals surface area contributed by atoms with Crippen molar-refractivity contribution in [3.05, 3.63) is 11.7 Å². The molecule has 1 fully saturated rings. The summed E-state index contributed by atoms with van der Waals surface area (Å²) >= 11 is 0. The van der Waals surface area contributed by atoms with E-state index in [0.29, 0.717) is 31.1 Å². The van der Waals surface area contributed by atoms with Gasteiger partial charge in [0.25, 0.3) is 0 Å². The maximum Gasteiger partial charge on any atom is 0.306 e. The monoisotopic (exact) mass is 281 g/mol. The van der Waals surface area contributed by atoms with Crippen LogP contribution in [0.1, 0.15) is 52.3 Å². The highest BCUT2D eigenvalue weighted by Gasteiger charge is 2.30. The Balaban J connectivity index is 1.97. The fourth-order valence-corrected chi connectivity index (χ4v) is 2.48. The van der Waals surface area contributed by atoms with E-state index in [2.05, 4.69) is 22.0 Å². The first-order valence-electron chi connectivity index (χ1n) is 7.07. The Labute approximate surface area is 119 Å². The molecule has 1 aromatic rings. The molecule has 0 saturated carbocycles. The molecule has 0 bridgehead atoms. The quantitative estimate of drug-likeness (QED) is 0.913. The largest absolute Gasteiger partial charge is 0.481 e. The van der Waals surface area contributed by atoms with E-state index in [-0.39, 0.29) is 17.4 Å². The second kappa shape index (κ2) is 5.52. The Morgan fingerprint density at radius 1 is 1.50 bits per heavy atom. The van der Waals surface area contributed by atoms with Crippen molar-refractivity contribution in [3.8, 4) is 0 Å². The van der Waals surface area contributed by atoms with E-state index in [1.165, 1.54) is 0 Å². The molecule has 6 heteroatoms. The van der Waals surface area contributed by atoms with Crippen LogP contribution in [0.2, 0.25) is 0 Å². The number of aromatic nitrogens is 2. The second-order valence-electron chi connectivity index (χ2n) is 6.64. The van der Waals surface area contributed by atoms with Gasteiger partial charge in [0.05, 0.1) is 12.5 Å². The van der Waals surface area contributed by atoms with Crippen molar-refractivity contribution >= 4 is 5.97 Å². The molecule has 1 saturated heterocycles. The van der Waals surface area contributed by atoms with Crippen LogP contribution in [0, 0.1) is 5.92 Å². The molecular weight excluding hydrogens is 258 g/mol. The summed E-state index contributed by atoms with van der Waals surface area (Å²) in [6, 6.07) is 0.224. The summed E-state index contributed by atoms with van der Waals surface area (Å²) in [5.74, 6) is 0.402. The second-order valence-corrected chi connectivity index (χ2v) is 6.64. The first kappa shape index (κ1) is 15.0. The molecule has 1 aliphatic heterocycles. The highest BCUT2D eigenvalue weighted by Crippen LogP contribution is 2.25. The van der Waals surface area contributed by atoms with Crippen LogP contribution in [-0.4, -0.2) is 38.7 Å². The van der Waals surface area contributed by atoms with Gasteiger partial charge in [-0.3, -0.25) is 9.69 Å². The minimum Gasteiger partial charge on any atom is -0.481 e. The molecule has 0 amide bonds. The minimum absolute atomic E-state index is 0.146. The number of aliphatic carboxylic acids is 1. The summed E-state index contributed by atoms with van der Waals surface area (Å²) in [6.07, 6.45) is 1.36. The van der Waals surface area contributed by atoms with Gasteiger partial charge in [-0.25, -0.2) is 0 Å². The van der Waals surface area contributed by atoms with E-state index in [4.69, 9.17) is 9.63 Å². The molecule has 2 heterocycles. The lowest BCUT2D eigenvalue weighted by Gasteiger charge is -2.35. The van der Waals surface area contributed by atoms with Crippen LogP contribution in [-0.2, 0) is 16.8 Å². The minimum atomic E-state index is -0.689. The van der Waals surface area contributed by atoms with Crippen LogP contribution in [0.5, 0.6) is 0 Å². The molecule has 1 aliphatic rings. The van der Waals surface area contributed by atoms with Crippen LogP contribution in [0.25, 0.3) is 0 Å². The molecule has 0 spiro atoms. The Hall–Kier alpha value is -1.43. The predicted molar refractivity (Wildman–Crippen MR) is 73.2 cm³/mol. The lowest BCUT2D eigenvalue weighted by Crippen LogP contribution is -2.42. The zero-order chi connectivity index (χ0) is 14.9. The van der Waals surface area contributed by atoms with E-state index >= 15 is 0 Å². The molecule has 112 valence electrons. The summed E-state index contributed by atoms with van der Waals surface area (Å²) in [5.41, 5.74) is -0.146. The Morgan fingerprint density at radius 2 is 2.20 bits per heavy atom. The van der Waals surface area contributed by atoms with Crippen molar-refractivity contribution < 1.29 is 14.4 Å². The van der Waals surface area contributed by atoms with Gasteiger partial charge in [-0.15, -0.1) is 0 Å². The van der Waals surface area contributed by atoms with E-state index in [1.807, 2.05) is 20.8 Å². The number of hydrogen-bond acceptors (Lipinski definition) is 5. The third kappa shape index (κ3) is 3.36. The van der Waals surface area contributed by atoms with E-state index in [1.54, 1.807) is 0 Å². The molecule has 20 heavy (non-hydrogen) atoms. The van der Waals surface area contributed by atoms with Crippen molar-refractivity contribution in [2.45, 2.75) is 58.5 Å². The van der Waals surface area contributed by atoms with Gasteiger partial charge in [0.1, 0.15) is 0 Å². The molecule has 2 unspecified atom stereocenters. The molecule has 6 nitrogen and oxygen atoms in total. The first-order valence-corrected chi connectivity index (χ1v) is 7.07. The number of hydrogen-bond donors (Lipinski definition) is 1. The number of nitrogens with zero attached hydrogens (tertiary/aromatic N) is 3. The summed E-state index contributed by atoms with van der Waals surface area (Å²) in [7, 11) is 0. The van der Waals surface area contributed by atoms with Gasteiger partial charge >= 0.3 is 5.97 Å². The predicted octanol–water partition coefficient (Wildman–Crippen LogP) is 2.05. The molecule has 2 atom stereocenters. The molecule has 2 rings (SSSR count). The zero-order valence-electron chi connectivity index (χ0n) is 12.6. The highest BCUT2D eigenvalue weighted by atomic mass is 16.5. The summed E-state index contributed by atoms with van der Waals surface area (Å²) < 4.78 is 5.28. The van der Waals surface area contributed by atoms with Gasteiger partial charge < -0.3 is 9.63 Å². The standard InChI is InChI=1S/C14H23N3O3/c1-9-7-10(12(18)19)5-6-17(9)8-11-15-13(20-16-11)14(2,3)4/h9-10H,5-8H2,1-4H3,(H,18,19). The van der Waals surface area contributed by atoms with Gasteiger partial charge in [0.2, 0.25) is 5.89 Å². The summed E-state index contributed by atoms with van der Waals surface area (Å²) in [5, 5.41) is 13.1. The third-order valence-corrected chi connectivity index (χ3v) is 3.82. The average Bonchev–Trinajstić information content (AvgIpc) is 2.80. The average molecular weight is 281 g/mol. The molecule has 1 aromatic heterocycles. The number of carbonyl (C=O) groups is 1. The lowest BCUT2D eigenvalue weighted by atomic mass is 9.92. The fraction of sp³-hybridized carbons (Fsp3) is 0.786. The number of rotatable bonds is 3. The maximum atomic E-state index is 11.0. The van der Waals surface area contributed by atoms with E-state index in [9.17, 15) is 4.79 Å². The molecular formula is C14H23N3O3. The summed E-state index contributed by atoms with van der Waals surface area (Å²) in [6.45, 7) is 9.53. The van der Waals surface area contributed by atoms with Crippen molar-refractivity contribution in [2.75, 3.05) is 6.54 Å². The van der Waals surface area contributed by atoms with Crippen molar-refractivity contribution in [1.82, 2.24) is 15.0 Å². The van der Waals surface area contributed by atoms with Crippen LogP contribution in [0.15, 0.2) is 4.52 Å². The van der Waals surface area contributed by atoms with Crippen LogP contribution in [0.4, 0.5) is 0 Å². The lowest BCUT2D eigenvalue weighted by molar-refractivity contribution is -0.144. The smallest absolute Gasteiger partial charge is 0.306 e. The van der Waals surface area contributed by atoms with E-state index in [0.717, 1.165) is 6.54 Å². The topological polar surface area (TPSA) is 79.5 Å². The fourth-order valence-electron chi connectivity index (χ4n) is 2.48. The number of carboxylic acid groups (broad SMARTS) is 1. The number of likely N-dealkylation sites (tertiary alicyclic amines) is 1. The number of piperidine rings is 1. The maximum absolute atomic E-state index is 11.0. The van der Waals surface area contributed by atoms with Crippen molar-refractivity contribution in [2.24, 2.45) is 5.92 Å². The van der Waals surface area contributed by atoms with Crippen molar-refractivity contribution in [1.29, 1.82) is 0 Å². The molecule has 0 radical (unpaired) electrons. The SMILES string of the molecule is CC1CC(C(=O)O)CCN1Cc1noc(C(C)(C)C)n1. The van der Waals surface area contributed by atoms with E-state index < -0.39 is 5.97 Å². The van der Waals surface area contributed by atoms with Crippen LogP contribution < -0.4 is 0 Å². The van der Waals surface area contributed by atoms with Gasteiger partial charge in [-0.1, -0.05) is 25.9 Å². The Kier molecular flexibility index (Phi) is 4.13.